The highest BCUT2D eigenvalue weighted by atomic mass is 19.1. The topological polar surface area (TPSA) is 111 Å². The van der Waals surface area contributed by atoms with Gasteiger partial charge in [-0.2, -0.15) is 4.98 Å². The van der Waals surface area contributed by atoms with E-state index in [4.69, 9.17) is 9.97 Å². The highest BCUT2D eigenvalue weighted by Gasteiger charge is 2.32. The molecule has 2 aromatic heterocycles. The van der Waals surface area contributed by atoms with Gasteiger partial charge in [0.1, 0.15) is 11.3 Å². The molecular formula is C30H43FN8O2. The second kappa shape index (κ2) is 13.1. The van der Waals surface area contributed by atoms with E-state index in [-0.39, 0.29) is 35.8 Å². The minimum absolute atomic E-state index is 0.000342. The normalized spacial score (nSPS) is 23.1. The van der Waals surface area contributed by atoms with Gasteiger partial charge in [-0.3, -0.25) is 9.36 Å². The minimum atomic E-state index is -0.356. The van der Waals surface area contributed by atoms with Gasteiger partial charge in [-0.1, -0.05) is 12.1 Å². The van der Waals surface area contributed by atoms with Gasteiger partial charge in [0.2, 0.25) is 17.8 Å². The first kappa shape index (κ1) is 29.2. The van der Waals surface area contributed by atoms with Crippen LogP contribution >= 0.6 is 0 Å². The fraction of sp³-hybridized carbons (Fsp3) is 0.600. The SMILES string of the molecule is CCN(CCN(C)C)C(=O)C1CCC(n2c(Nc3ccccc3F)nc3cnc(NC4CCC(O)CC4)nc32)CC1. The number of para-hydroxylation sites is 1. The van der Waals surface area contributed by atoms with Gasteiger partial charge in [-0.05, 0) is 84.5 Å². The van der Waals surface area contributed by atoms with Crippen molar-refractivity contribution >= 4 is 34.7 Å². The first-order valence-electron chi connectivity index (χ1n) is 15.0. The van der Waals surface area contributed by atoms with Gasteiger partial charge in [0.15, 0.2) is 5.65 Å². The Kier molecular flexibility index (Phi) is 9.34. The van der Waals surface area contributed by atoms with Crippen LogP contribution in [0.1, 0.15) is 64.3 Å². The number of likely N-dealkylation sites (N-methyl/N-ethyl adjacent to an activating group) is 2. The largest absolute Gasteiger partial charge is 0.393 e. The van der Waals surface area contributed by atoms with Crippen LogP contribution in [-0.4, -0.2) is 86.2 Å². The van der Waals surface area contributed by atoms with E-state index in [2.05, 4.69) is 25.1 Å². The molecule has 0 unspecified atom stereocenters. The third-order valence-corrected chi connectivity index (χ3v) is 8.50. The molecule has 2 saturated carbocycles. The van der Waals surface area contributed by atoms with E-state index in [1.54, 1.807) is 24.4 Å². The van der Waals surface area contributed by atoms with Crippen molar-refractivity contribution in [2.24, 2.45) is 5.92 Å². The molecule has 0 spiro atoms. The first-order valence-corrected chi connectivity index (χ1v) is 15.0. The highest BCUT2D eigenvalue weighted by molar-refractivity contribution is 5.79. The molecule has 1 amide bonds. The van der Waals surface area contributed by atoms with E-state index in [9.17, 15) is 14.3 Å². The maximum atomic E-state index is 14.6. The zero-order chi connectivity index (χ0) is 28.9. The number of imidazole rings is 1. The number of carbonyl (C=O) groups is 1. The average Bonchev–Trinajstić information content (AvgIpc) is 3.32. The first-order chi connectivity index (χ1) is 19.8. The number of amides is 1. The summed E-state index contributed by atoms with van der Waals surface area (Å²) < 4.78 is 16.7. The number of hydrogen-bond acceptors (Lipinski definition) is 8. The lowest BCUT2D eigenvalue weighted by molar-refractivity contribution is -0.136. The number of benzene rings is 1. The Morgan fingerprint density at radius 3 is 2.46 bits per heavy atom. The molecule has 2 fully saturated rings. The lowest BCUT2D eigenvalue weighted by Crippen LogP contribution is -2.41. The van der Waals surface area contributed by atoms with E-state index < -0.39 is 0 Å². The van der Waals surface area contributed by atoms with E-state index in [0.717, 1.165) is 64.5 Å². The summed E-state index contributed by atoms with van der Waals surface area (Å²) in [5.74, 6) is 0.930. The van der Waals surface area contributed by atoms with Gasteiger partial charge >= 0.3 is 0 Å². The highest BCUT2D eigenvalue weighted by Crippen LogP contribution is 2.38. The maximum absolute atomic E-state index is 14.6. The number of rotatable bonds is 10. The summed E-state index contributed by atoms with van der Waals surface area (Å²) in [7, 11) is 4.05. The molecule has 1 aromatic carbocycles. The van der Waals surface area contributed by atoms with Crippen LogP contribution in [0.2, 0.25) is 0 Å². The monoisotopic (exact) mass is 566 g/mol. The molecule has 5 rings (SSSR count). The third kappa shape index (κ3) is 6.95. The molecule has 0 saturated heterocycles. The van der Waals surface area contributed by atoms with Crippen LogP contribution in [0.5, 0.6) is 0 Å². The van der Waals surface area contributed by atoms with Crippen molar-refractivity contribution in [1.29, 1.82) is 0 Å². The van der Waals surface area contributed by atoms with Crippen molar-refractivity contribution in [3.8, 4) is 0 Å². The zero-order valence-electron chi connectivity index (χ0n) is 24.4. The van der Waals surface area contributed by atoms with Crippen LogP contribution in [0.25, 0.3) is 11.2 Å². The fourth-order valence-electron chi connectivity index (χ4n) is 6.06. The summed E-state index contributed by atoms with van der Waals surface area (Å²) in [6, 6.07) is 6.82. The van der Waals surface area contributed by atoms with Crippen LogP contribution < -0.4 is 10.6 Å². The lowest BCUT2D eigenvalue weighted by Gasteiger charge is -2.33. The standard InChI is InChI=1S/C30H43FN8O2/c1-4-38(18-17-37(2)3)28(41)20-9-13-22(14-10-20)39-27-26(35-30(39)34-25-8-6-5-7-24(25)31)19-32-29(36-27)33-21-11-15-23(40)16-12-21/h5-8,19-23,40H,4,9-18H2,1-3H3,(H,34,35)(H,32,33,36). The Morgan fingerprint density at radius 2 is 1.78 bits per heavy atom. The molecule has 3 aromatic rings. The second-order valence-electron chi connectivity index (χ2n) is 11.7. The number of nitrogens with one attached hydrogen (secondary N) is 2. The van der Waals surface area contributed by atoms with E-state index in [1.165, 1.54) is 6.07 Å². The van der Waals surface area contributed by atoms with Gasteiger partial charge in [0, 0.05) is 37.6 Å². The van der Waals surface area contributed by atoms with Crippen LogP contribution in [0.4, 0.5) is 22.0 Å². The lowest BCUT2D eigenvalue weighted by atomic mass is 9.85. The molecule has 0 bridgehead atoms. The number of aliphatic hydroxyl groups is 1. The van der Waals surface area contributed by atoms with Crippen LogP contribution in [-0.2, 0) is 4.79 Å². The molecule has 0 radical (unpaired) electrons. The summed E-state index contributed by atoms with van der Waals surface area (Å²) in [6.07, 6.45) is 7.89. The zero-order valence-corrected chi connectivity index (χ0v) is 24.4. The minimum Gasteiger partial charge on any atom is -0.393 e. The van der Waals surface area contributed by atoms with Crippen molar-refractivity contribution < 1.29 is 14.3 Å². The van der Waals surface area contributed by atoms with Crippen LogP contribution in [0.3, 0.4) is 0 Å². The maximum Gasteiger partial charge on any atom is 0.225 e. The molecule has 0 aliphatic heterocycles. The van der Waals surface area contributed by atoms with Gasteiger partial charge < -0.3 is 25.5 Å². The number of carbonyl (C=O) groups excluding carboxylic acids is 1. The van der Waals surface area contributed by atoms with Crippen LogP contribution in [0.15, 0.2) is 30.5 Å². The molecule has 2 aliphatic carbocycles. The summed E-state index contributed by atoms with van der Waals surface area (Å²) in [4.78, 5) is 31.6. The van der Waals surface area contributed by atoms with Crippen molar-refractivity contribution in [1.82, 2.24) is 29.3 Å². The quantitative estimate of drug-likeness (QED) is 0.327. The number of aromatic nitrogens is 4. The van der Waals surface area contributed by atoms with Gasteiger partial charge in [0.05, 0.1) is 18.0 Å². The molecule has 10 nitrogen and oxygen atoms in total. The summed E-state index contributed by atoms with van der Waals surface area (Å²) >= 11 is 0. The fourth-order valence-corrected chi connectivity index (χ4v) is 6.06. The number of fused-ring (bicyclic) bond motifs is 1. The summed E-state index contributed by atoms with van der Waals surface area (Å²) in [6.45, 7) is 4.33. The van der Waals surface area contributed by atoms with Crippen molar-refractivity contribution in [3.05, 3.63) is 36.3 Å². The van der Waals surface area contributed by atoms with Crippen molar-refractivity contribution in [3.63, 3.8) is 0 Å². The van der Waals surface area contributed by atoms with Crippen LogP contribution in [0, 0.1) is 11.7 Å². The smallest absolute Gasteiger partial charge is 0.225 e. The molecule has 2 heterocycles. The Bertz CT molecular complexity index is 1320. The van der Waals surface area contributed by atoms with E-state index in [1.807, 2.05) is 25.9 Å². The van der Waals surface area contributed by atoms with Gasteiger partial charge in [0.25, 0.3) is 0 Å². The second-order valence-corrected chi connectivity index (χ2v) is 11.7. The predicted molar refractivity (Wildman–Crippen MR) is 159 cm³/mol. The molecular weight excluding hydrogens is 523 g/mol. The Morgan fingerprint density at radius 1 is 1.05 bits per heavy atom. The molecule has 11 heteroatoms. The number of aliphatic hydroxyl groups excluding tert-OH is 1. The number of anilines is 3. The molecule has 0 atom stereocenters. The molecule has 41 heavy (non-hydrogen) atoms. The average molecular weight is 567 g/mol. The van der Waals surface area contributed by atoms with Crippen molar-refractivity contribution in [2.75, 3.05) is 44.4 Å². The van der Waals surface area contributed by atoms with E-state index >= 15 is 0 Å². The van der Waals surface area contributed by atoms with Gasteiger partial charge in [-0.25, -0.2) is 14.4 Å². The molecule has 222 valence electrons. The van der Waals surface area contributed by atoms with Crippen molar-refractivity contribution in [2.45, 2.75) is 76.5 Å². The number of nitrogens with zero attached hydrogens (tertiary/aromatic N) is 6. The Hall–Kier alpha value is -3.31. The summed E-state index contributed by atoms with van der Waals surface area (Å²) in [5.41, 5.74) is 1.67. The van der Waals surface area contributed by atoms with Gasteiger partial charge in [-0.15, -0.1) is 0 Å². The Labute approximate surface area is 241 Å². The molecule has 3 N–H and O–H groups in total. The Balaban J connectivity index is 1.38. The summed E-state index contributed by atoms with van der Waals surface area (Å²) in [5, 5.41) is 16.5. The molecule has 2 aliphatic rings. The van der Waals surface area contributed by atoms with E-state index in [0.29, 0.717) is 35.3 Å². The number of hydrogen-bond donors (Lipinski definition) is 3. The predicted octanol–water partition coefficient (Wildman–Crippen LogP) is 4.57. The third-order valence-electron chi connectivity index (χ3n) is 8.50. The number of halogens is 1.